The van der Waals surface area contributed by atoms with E-state index in [0.29, 0.717) is 17.1 Å². The molecule has 2 rings (SSSR count). The van der Waals surface area contributed by atoms with Crippen molar-refractivity contribution in [1.29, 1.82) is 0 Å². The van der Waals surface area contributed by atoms with Gasteiger partial charge in [0.2, 0.25) is 0 Å². The molecule has 0 aliphatic rings. The van der Waals surface area contributed by atoms with Crippen LogP contribution in [0.4, 0.5) is 0 Å². The average molecular weight is 296 g/mol. The molecule has 0 atom stereocenters. The van der Waals surface area contributed by atoms with Crippen LogP contribution in [0.1, 0.15) is 10.4 Å². The lowest BCUT2D eigenvalue weighted by Gasteiger charge is -2.07. The summed E-state index contributed by atoms with van der Waals surface area (Å²) in [5.41, 5.74) is 0.509. The second-order valence-corrected chi connectivity index (χ2v) is 4.22. The summed E-state index contributed by atoms with van der Waals surface area (Å²) in [6.07, 6.45) is 3.12. The first kappa shape index (κ1) is 15.4. The minimum atomic E-state index is -0.201. The van der Waals surface area contributed by atoms with Gasteiger partial charge in [-0.2, -0.15) is 0 Å². The number of hydrogen-bond donors (Lipinski definition) is 1. The summed E-state index contributed by atoms with van der Waals surface area (Å²) in [5, 5.41) is 2.69. The number of benzene rings is 1. The van der Waals surface area contributed by atoms with Crippen LogP contribution in [0.5, 0.6) is 11.5 Å². The van der Waals surface area contributed by atoms with E-state index < -0.39 is 0 Å². The standard InChI is InChI=1S/C17H16N2O3/c1-21-15-8-2-3-9-16(15)22-12-5-4-11-19-17(20)14-7-6-10-18-13-14/h2-3,6-10,13H,11-12H2,1H3,(H,19,20). The van der Waals surface area contributed by atoms with Gasteiger partial charge in [-0.05, 0) is 24.3 Å². The van der Waals surface area contributed by atoms with Crippen molar-refractivity contribution >= 4 is 5.91 Å². The van der Waals surface area contributed by atoms with Crippen molar-refractivity contribution < 1.29 is 14.3 Å². The van der Waals surface area contributed by atoms with Crippen molar-refractivity contribution in [3.05, 3.63) is 54.4 Å². The molecule has 0 unspecified atom stereocenters. The zero-order valence-corrected chi connectivity index (χ0v) is 12.2. The van der Waals surface area contributed by atoms with Crippen LogP contribution in [-0.2, 0) is 0 Å². The lowest BCUT2D eigenvalue weighted by atomic mass is 10.3. The van der Waals surface area contributed by atoms with Crippen LogP contribution in [0.25, 0.3) is 0 Å². The summed E-state index contributed by atoms with van der Waals surface area (Å²) >= 11 is 0. The van der Waals surface area contributed by atoms with E-state index in [1.165, 1.54) is 6.20 Å². The summed E-state index contributed by atoms with van der Waals surface area (Å²) < 4.78 is 10.7. The fraction of sp³-hybridized carbons (Fsp3) is 0.176. The molecule has 0 radical (unpaired) electrons. The third kappa shape index (κ3) is 4.53. The number of pyridine rings is 1. The van der Waals surface area contributed by atoms with Crippen LogP contribution in [0.3, 0.4) is 0 Å². The molecule has 1 heterocycles. The van der Waals surface area contributed by atoms with Crippen molar-refractivity contribution in [2.75, 3.05) is 20.3 Å². The second kappa shape index (κ2) is 8.32. The fourth-order valence-electron chi connectivity index (χ4n) is 1.69. The predicted octanol–water partition coefficient (Wildman–Crippen LogP) is 1.90. The van der Waals surface area contributed by atoms with Gasteiger partial charge < -0.3 is 14.8 Å². The Morgan fingerprint density at radius 1 is 1.18 bits per heavy atom. The number of nitrogens with one attached hydrogen (secondary N) is 1. The topological polar surface area (TPSA) is 60.5 Å². The van der Waals surface area contributed by atoms with E-state index in [9.17, 15) is 4.79 Å². The number of methoxy groups -OCH3 is 1. The normalized spacial score (nSPS) is 9.32. The van der Waals surface area contributed by atoms with Crippen molar-refractivity contribution in [3.8, 4) is 23.3 Å². The minimum absolute atomic E-state index is 0.201. The van der Waals surface area contributed by atoms with Gasteiger partial charge in [-0.25, -0.2) is 0 Å². The van der Waals surface area contributed by atoms with Gasteiger partial charge in [0.05, 0.1) is 19.2 Å². The van der Waals surface area contributed by atoms with Crippen LogP contribution < -0.4 is 14.8 Å². The highest BCUT2D eigenvalue weighted by molar-refractivity contribution is 5.93. The maximum absolute atomic E-state index is 11.7. The van der Waals surface area contributed by atoms with Crippen molar-refractivity contribution in [2.45, 2.75) is 0 Å². The molecule has 1 N–H and O–H groups in total. The van der Waals surface area contributed by atoms with Gasteiger partial charge in [0, 0.05) is 12.4 Å². The minimum Gasteiger partial charge on any atom is -0.493 e. The molecule has 22 heavy (non-hydrogen) atoms. The van der Waals surface area contributed by atoms with Gasteiger partial charge >= 0.3 is 0 Å². The first-order valence-corrected chi connectivity index (χ1v) is 6.71. The monoisotopic (exact) mass is 296 g/mol. The van der Waals surface area contributed by atoms with Crippen molar-refractivity contribution in [1.82, 2.24) is 10.3 Å². The molecule has 5 heteroatoms. The lowest BCUT2D eigenvalue weighted by molar-refractivity contribution is 0.0958. The Hall–Kier alpha value is -3.00. The van der Waals surface area contributed by atoms with E-state index >= 15 is 0 Å². The summed E-state index contributed by atoms with van der Waals surface area (Å²) in [6, 6.07) is 10.8. The first-order chi connectivity index (χ1) is 10.8. The molecule has 1 aromatic carbocycles. The van der Waals surface area contributed by atoms with E-state index in [1.54, 1.807) is 25.4 Å². The number of para-hydroxylation sites is 2. The lowest BCUT2D eigenvalue weighted by Crippen LogP contribution is -2.23. The zero-order valence-electron chi connectivity index (χ0n) is 12.2. The van der Waals surface area contributed by atoms with Crippen LogP contribution in [0, 0.1) is 11.8 Å². The highest BCUT2D eigenvalue weighted by atomic mass is 16.5. The van der Waals surface area contributed by atoms with Crippen LogP contribution in [-0.4, -0.2) is 31.2 Å². The average Bonchev–Trinajstić information content (AvgIpc) is 2.58. The molecule has 0 aliphatic heterocycles. The van der Waals surface area contributed by atoms with E-state index in [2.05, 4.69) is 22.1 Å². The van der Waals surface area contributed by atoms with Gasteiger partial charge in [-0.1, -0.05) is 24.0 Å². The van der Waals surface area contributed by atoms with Crippen LogP contribution in [0.15, 0.2) is 48.8 Å². The summed E-state index contributed by atoms with van der Waals surface area (Å²) in [5.74, 6) is 6.76. The molecular formula is C17H16N2O3. The smallest absolute Gasteiger partial charge is 0.253 e. The zero-order chi connectivity index (χ0) is 15.6. The molecule has 1 amide bonds. The third-order valence-corrected chi connectivity index (χ3v) is 2.75. The number of nitrogens with zero attached hydrogens (tertiary/aromatic N) is 1. The number of carbonyl (C=O) groups excluding carboxylic acids is 1. The Balaban J connectivity index is 1.75. The Morgan fingerprint density at radius 2 is 2.00 bits per heavy atom. The summed E-state index contributed by atoms with van der Waals surface area (Å²) in [7, 11) is 1.59. The number of ether oxygens (including phenoxy) is 2. The molecule has 0 bridgehead atoms. The van der Waals surface area contributed by atoms with Gasteiger partial charge in [-0.3, -0.25) is 9.78 Å². The van der Waals surface area contributed by atoms with Gasteiger partial charge in [0.15, 0.2) is 11.5 Å². The van der Waals surface area contributed by atoms with E-state index in [4.69, 9.17) is 9.47 Å². The predicted molar refractivity (Wildman–Crippen MR) is 82.8 cm³/mol. The summed E-state index contributed by atoms with van der Waals surface area (Å²) in [4.78, 5) is 15.6. The molecule has 0 fully saturated rings. The molecule has 0 saturated carbocycles. The highest BCUT2D eigenvalue weighted by Gasteiger charge is 2.02. The Morgan fingerprint density at radius 3 is 2.73 bits per heavy atom. The number of aromatic nitrogens is 1. The van der Waals surface area contributed by atoms with Gasteiger partial charge in [0.1, 0.15) is 6.61 Å². The molecule has 1 aromatic heterocycles. The molecule has 112 valence electrons. The van der Waals surface area contributed by atoms with Gasteiger partial charge in [0.25, 0.3) is 5.91 Å². The molecule has 0 spiro atoms. The third-order valence-electron chi connectivity index (χ3n) is 2.75. The van der Waals surface area contributed by atoms with Crippen molar-refractivity contribution in [3.63, 3.8) is 0 Å². The molecule has 2 aromatic rings. The quantitative estimate of drug-likeness (QED) is 0.856. The van der Waals surface area contributed by atoms with Crippen LogP contribution in [0.2, 0.25) is 0 Å². The molecular weight excluding hydrogens is 280 g/mol. The van der Waals surface area contributed by atoms with E-state index in [1.807, 2.05) is 24.3 Å². The Labute approximate surface area is 129 Å². The number of amides is 1. The Kier molecular flexibility index (Phi) is 5.82. The van der Waals surface area contributed by atoms with Gasteiger partial charge in [-0.15, -0.1) is 0 Å². The SMILES string of the molecule is COc1ccccc1OCC#CCNC(=O)c1cccnc1. The molecule has 0 saturated heterocycles. The maximum atomic E-state index is 11.7. The van der Waals surface area contributed by atoms with Crippen molar-refractivity contribution in [2.24, 2.45) is 0 Å². The largest absolute Gasteiger partial charge is 0.493 e. The number of carbonyl (C=O) groups is 1. The van der Waals surface area contributed by atoms with E-state index in [0.717, 1.165) is 0 Å². The Bertz CT molecular complexity index is 675. The number of hydrogen-bond acceptors (Lipinski definition) is 4. The number of rotatable bonds is 5. The molecule has 0 aliphatic carbocycles. The highest BCUT2D eigenvalue weighted by Crippen LogP contribution is 2.25. The first-order valence-electron chi connectivity index (χ1n) is 6.71. The summed E-state index contributed by atoms with van der Waals surface area (Å²) in [6.45, 7) is 0.478. The second-order valence-electron chi connectivity index (χ2n) is 4.22. The van der Waals surface area contributed by atoms with Crippen LogP contribution >= 0.6 is 0 Å². The van der Waals surface area contributed by atoms with E-state index in [-0.39, 0.29) is 19.1 Å². The maximum Gasteiger partial charge on any atom is 0.253 e. The fourth-order valence-corrected chi connectivity index (χ4v) is 1.69. The molecule has 5 nitrogen and oxygen atoms in total.